The molecule has 1 amide bonds. The normalized spacial score (nSPS) is 27.3. The SMILES string of the molecule is CCCCNC(=O)C1CCC(C)NC1. The van der Waals surface area contributed by atoms with Crippen LogP contribution < -0.4 is 10.6 Å². The van der Waals surface area contributed by atoms with Crippen molar-refractivity contribution in [2.45, 2.75) is 45.6 Å². The largest absolute Gasteiger partial charge is 0.356 e. The monoisotopic (exact) mass is 198 g/mol. The summed E-state index contributed by atoms with van der Waals surface area (Å²) in [6, 6.07) is 0.578. The third-order valence-electron chi connectivity index (χ3n) is 2.86. The summed E-state index contributed by atoms with van der Waals surface area (Å²) < 4.78 is 0. The maximum Gasteiger partial charge on any atom is 0.224 e. The summed E-state index contributed by atoms with van der Waals surface area (Å²) in [6.45, 7) is 5.99. The zero-order chi connectivity index (χ0) is 10.4. The van der Waals surface area contributed by atoms with Crippen LogP contribution in [0.4, 0.5) is 0 Å². The number of unbranched alkanes of at least 4 members (excludes halogenated alkanes) is 1. The molecule has 0 saturated carbocycles. The minimum absolute atomic E-state index is 0.197. The average Bonchev–Trinajstić information content (AvgIpc) is 2.19. The summed E-state index contributed by atoms with van der Waals surface area (Å²) in [7, 11) is 0. The van der Waals surface area contributed by atoms with Crippen molar-refractivity contribution in [3.8, 4) is 0 Å². The summed E-state index contributed by atoms with van der Waals surface area (Å²) in [5.74, 6) is 0.431. The maximum atomic E-state index is 11.6. The van der Waals surface area contributed by atoms with Crippen molar-refractivity contribution >= 4 is 5.91 Å². The van der Waals surface area contributed by atoms with E-state index < -0.39 is 0 Å². The Morgan fingerprint density at radius 1 is 1.50 bits per heavy atom. The van der Waals surface area contributed by atoms with Crippen LogP contribution in [0.25, 0.3) is 0 Å². The molecule has 0 spiro atoms. The zero-order valence-electron chi connectivity index (χ0n) is 9.31. The first-order valence-electron chi connectivity index (χ1n) is 5.75. The van der Waals surface area contributed by atoms with E-state index in [-0.39, 0.29) is 11.8 Å². The van der Waals surface area contributed by atoms with Gasteiger partial charge in [-0.1, -0.05) is 13.3 Å². The number of nitrogens with one attached hydrogen (secondary N) is 2. The second kappa shape index (κ2) is 6.02. The Morgan fingerprint density at radius 3 is 2.86 bits per heavy atom. The molecule has 3 nitrogen and oxygen atoms in total. The number of hydrogen-bond donors (Lipinski definition) is 2. The second-order valence-corrected chi connectivity index (χ2v) is 4.23. The zero-order valence-corrected chi connectivity index (χ0v) is 9.31. The molecule has 2 unspecified atom stereocenters. The molecule has 0 radical (unpaired) electrons. The van der Waals surface area contributed by atoms with E-state index in [9.17, 15) is 4.79 Å². The minimum Gasteiger partial charge on any atom is -0.356 e. The Morgan fingerprint density at radius 2 is 2.29 bits per heavy atom. The fourth-order valence-electron chi connectivity index (χ4n) is 1.76. The van der Waals surface area contributed by atoms with Crippen LogP contribution in [0.3, 0.4) is 0 Å². The highest BCUT2D eigenvalue weighted by atomic mass is 16.1. The van der Waals surface area contributed by atoms with Gasteiger partial charge in [0.05, 0.1) is 5.92 Å². The van der Waals surface area contributed by atoms with Gasteiger partial charge < -0.3 is 10.6 Å². The number of piperidine rings is 1. The smallest absolute Gasteiger partial charge is 0.224 e. The molecule has 1 saturated heterocycles. The highest BCUT2D eigenvalue weighted by Crippen LogP contribution is 2.13. The van der Waals surface area contributed by atoms with Gasteiger partial charge in [0.2, 0.25) is 5.91 Å². The molecule has 0 aromatic rings. The van der Waals surface area contributed by atoms with Gasteiger partial charge in [-0.3, -0.25) is 4.79 Å². The molecule has 0 aliphatic carbocycles. The molecule has 1 aliphatic heterocycles. The van der Waals surface area contributed by atoms with Crippen LogP contribution >= 0.6 is 0 Å². The van der Waals surface area contributed by atoms with E-state index in [0.29, 0.717) is 6.04 Å². The first-order chi connectivity index (χ1) is 6.74. The lowest BCUT2D eigenvalue weighted by molar-refractivity contribution is -0.125. The number of rotatable bonds is 4. The third-order valence-corrected chi connectivity index (χ3v) is 2.86. The fraction of sp³-hybridized carbons (Fsp3) is 0.909. The highest BCUT2D eigenvalue weighted by Gasteiger charge is 2.23. The molecule has 3 heteroatoms. The summed E-state index contributed by atoms with van der Waals surface area (Å²) in [5, 5.41) is 6.33. The molecular weight excluding hydrogens is 176 g/mol. The quantitative estimate of drug-likeness (QED) is 0.668. The summed E-state index contributed by atoms with van der Waals surface area (Å²) in [6.07, 6.45) is 4.38. The van der Waals surface area contributed by atoms with Crippen LogP contribution in [0, 0.1) is 5.92 Å². The predicted octanol–water partition coefficient (Wildman–Crippen LogP) is 1.29. The number of amides is 1. The van der Waals surface area contributed by atoms with Gasteiger partial charge in [-0.25, -0.2) is 0 Å². The van der Waals surface area contributed by atoms with E-state index in [0.717, 1.165) is 38.8 Å². The fourth-order valence-corrected chi connectivity index (χ4v) is 1.76. The number of carbonyl (C=O) groups is 1. The van der Waals surface area contributed by atoms with E-state index in [1.807, 2.05) is 0 Å². The molecule has 0 aromatic heterocycles. The van der Waals surface area contributed by atoms with Gasteiger partial charge in [0.25, 0.3) is 0 Å². The summed E-state index contributed by atoms with van der Waals surface area (Å²) in [4.78, 5) is 11.6. The van der Waals surface area contributed by atoms with Gasteiger partial charge in [-0.15, -0.1) is 0 Å². The molecule has 14 heavy (non-hydrogen) atoms. The van der Waals surface area contributed by atoms with Crippen molar-refractivity contribution in [3.63, 3.8) is 0 Å². The lowest BCUT2D eigenvalue weighted by Gasteiger charge is -2.26. The highest BCUT2D eigenvalue weighted by molar-refractivity contribution is 5.78. The van der Waals surface area contributed by atoms with Gasteiger partial charge in [-0.05, 0) is 26.2 Å². The van der Waals surface area contributed by atoms with Gasteiger partial charge in [0, 0.05) is 19.1 Å². The summed E-state index contributed by atoms with van der Waals surface area (Å²) in [5.41, 5.74) is 0. The maximum absolute atomic E-state index is 11.6. The van der Waals surface area contributed by atoms with E-state index in [4.69, 9.17) is 0 Å². The van der Waals surface area contributed by atoms with Crippen molar-refractivity contribution in [1.29, 1.82) is 0 Å². The molecule has 0 aromatic carbocycles. The second-order valence-electron chi connectivity index (χ2n) is 4.23. The molecule has 2 atom stereocenters. The van der Waals surface area contributed by atoms with Crippen molar-refractivity contribution in [1.82, 2.24) is 10.6 Å². The molecule has 1 heterocycles. The van der Waals surface area contributed by atoms with Crippen LogP contribution in [0.1, 0.15) is 39.5 Å². The molecule has 1 rings (SSSR count). The molecule has 0 bridgehead atoms. The lowest BCUT2D eigenvalue weighted by Crippen LogP contribution is -2.44. The van der Waals surface area contributed by atoms with Crippen LogP contribution in [0.5, 0.6) is 0 Å². The van der Waals surface area contributed by atoms with Crippen molar-refractivity contribution in [3.05, 3.63) is 0 Å². The van der Waals surface area contributed by atoms with Crippen molar-refractivity contribution in [2.75, 3.05) is 13.1 Å². The topological polar surface area (TPSA) is 41.1 Å². The Balaban J connectivity index is 2.17. The lowest BCUT2D eigenvalue weighted by atomic mass is 9.95. The Kier molecular flexibility index (Phi) is 4.94. The Hall–Kier alpha value is -0.570. The first-order valence-corrected chi connectivity index (χ1v) is 5.75. The molecule has 82 valence electrons. The molecular formula is C11H22N2O. The number of carbonyl (C=O) groups excluding carboxylic acids is 1. The first kappa shape index (κ1) is 11.5. The van der Waals surface area contributed by atoms with Crippen molar-refractivity contribution in [2.24, 2.45) is 5.92 Å². The van der Waals surface area contributed by atoms with E-state index in [2.05, 4.69) is 24.5 Å². The van der Waals surface area contributed by atoms with Gasteiger partial charge >= 0.3 is 0 Å². The minimum atomic E-state index is 0.197. The Labute approximate surface area is 86.6 Å². The van der Waals surface area contributed by atoms with Crippen LogP contribution in [0.2, 0.25) is 0 Å². The predicted molar refractivity (Wildman–Crippen MR) is 58.1 cm³/mol. The molecule has 1 fully saturated rings. The average molecular weight is 198 g/mol. The number of hydrogen-bond acceptors (Lipinski definition) is 2. The van der Waals surface area contributed by atoms with Crippen molar-refractivity contribution < 1.29 is 4.79 Å². The van der Waals surface area contributed by atoms with Gasteiger partial charge in [0.1, 0.15) is 0 Å². The van der Waals surface area contributed by atoms with E-state index in [1.54, 1.807) is 0 Å². The van der Waals surface area contributed by atoms with E-state index >= 15 is 0 Å². The van der Waals surface area contributed by atoms with Crippen LogP contribution in [0.15, 0.2) is 0 Å². The molecule has 1 aliphatic rings. The van der Waals surface area contributed by atoms with Gasteiger partial charge in [0.15, 0.2) is 0 Å². The standard InChI is InChI=1S/C11H22N2O/c1-3-4-7-12-11(14)10-6-5-9(2)13-8-10/h9-10,13H,3-8H2,1-2H3,(H,12,14). The Bertz CT molecular complexity index is 174. The van der Waals surface area contributed by atoms with Gasteiger partial charge in [-0.2, -0.15) is 0 Å². The van der Waals surface area contributed by atoms with E-state index in [1.165, 1.54) is 0 Å². The van der Waals surface area contributed by atoms with Crippen LogP contribution in [-0.2, 0) is 4.79 Å². The third kappa shape index (κ3) is 3.66. The van der Waals surface area contributed by atoms with Crippen LogP contribution in [-0.4, -0.2) is 25.0 Å². The summed E-state index contributed by atoms with van der Waals surface area (Å²) >= 11 is 0. The molecule has 2 N–H and O–H groups in total.